The molecule has 2 aromatic rings. The number of carbonyl (C=O) groups is 2. The van der Waals surface area contributed by atoms with E-state index in [1.54, 1.807) is 0 Å². The van der Waals surface area contributed by atoms with Crippen LogP contribution < -0.4 is 5.32 Å². The smallest absolute Gasteiger partial charge is 0.407 e. The Kier molecular flexibility index (Phi) is 4.98. The van der Waals surface area contributed by atoms with Gasteiger partial charge in [-0.05, 0) is 34.6 Å². The van der Waals surface area contributed by atoms with Gasteiger partial charge in [-0.3, -0.25) is 0 Å². The Morgan fingerprint density at radius 3 is 2.14 bits per heavy atom. The molecule has 0 saturated heterocycles. The number of amides is 1. The van der Waals surface area contributed by atoms with Crippen molar-refractivity contribution in [2.24, 2.45) is 5.92 Å². The van der Waals surface area contributed by atoms with Gasteiger partial charge in [0.15, 0.2) is 0 Å². The maximum absolute atomic E-state index is 13.0. The van der Waals surface area contributed by atoms with Crippen molar-refractivity contribution in [3.05, 3.63) is 59.7 Å². The Morgan fingerprint density at radius 2 is 1.62 bits per heavy atom. The number of carboxylic acid groups (broad SMARTS) is 1. The van der Waals surface area contributed by atoms with E-state index < -0.39 is 29.9 Å². The third kappa shape index (κ3) is 3.95. The fourth-order valence-corrected chi connectivity index (χ4v) is 4.29. The number of fused-ring (bicyclic) bond motifs is 3. The summed E-state index contributed by atoms with van der Waals surface area (Å²) in [5.41, 5.74) is 4.28. The lowest BCUT2D eigenvalue weighted by Gasteiger charge is -2.36. The number of alkyl carbamates (subject to hydrolysis) is 1. The van der Waals surface area contributed by atoms with Crippen molar-refractivity contribution < 1.29 is 28.2 Å². The van der Waals surface area contributed by atoms with E-state index in [0.717, 1.165) is 22.3 Å². The molecule has 4 rings (SSSR count). The standard InChI is InChI=1S/C22H21F2NO4/c23-22(24)10-13(11-22)9-19(20(26)27)25-21(28)29-12-18-16-7-3-1-5-14(16)15-6-2-4-8-17(15)18/h1-8,13,18-19H,9-12H2,(H,25,28)(H,26,27)/t19-/m1/s1. The molecule has 2 aliphatic carbocycles. The predicted octanol–water partition coefficient (Wildman–Crippen LogP) is 4.41. The lowest BCUT2D eigenvalue weighted by molar-refractivity contribution is -0.143. The van der Waals surface area contributed by atoms with Crippen LogP contribution in [0.5, 0.6) is 0 Å². The Morgan fingerprint density at radius 1 is 1.07 bits per heavy atom. The van der Waals surface area contributed by atoms with E-state index in [4.69, 9.17) is 4.74 Å². The highest BCUT2D eigenvalue weighted by atomic mass is 19.3. The summed E-state index contributed by atoms with van der Waals surface area (Å²) in [6, 6.07) is 14.5. The molecular formula is C22H21F2NO4. The van der Waals surface area contributed by atoms with E-state index in [-0.39, 0.29) is 31.8 Å². The van der Waals surface area contributed by atoms with E-state index in [0.29, 0.717) is 0 Å². The number of rotatable bonds is 6. The number of ether oxygens (including phenoxy) is 1. The molecule has 1 amide bonds. The molecule has 0 spiro atoms. The van der Waals surface area contributed by atoms with Crippen molar-refractivity contribution in [2.45, 2.75) is 37.1 Å². The van der Waals surface area contributed by atoms with Gasteiger partial charge in [-0.15, -0.1) is 0 Å². The van der Waals surface area contributed by atoms with Crippen molar-refractivity contribution in [3.63, 3.8) is 0 Å². The molecule has 5 nitrogen and oxygen atoms in total. The Labute approximate surface area is 166 Å². The fourth-order valence-electron chi connectivity index (χ4n) is 4.29. The van der Waals surface area contributed by atoms with Crippen LogP contribution in [-0.4, -0.2) is 35.7 Å². The lowest BCUT2D eigenvalue weighted by atomic mass is 9.77. The van der Waals surface area contributed by atoms with E-state index in [9.17, 15) is 23.5 Å². The SMILES string of the molecule is O=C(N[C@H](CC1CC(F)(F)C1)C(=O)O)OCC1c2ccccc2-c2ccccc21. The number of hydrogen-bond donors (Lipinski definition) is 2. The average Bonchev–Trinajstić information content (AvgIpc) is 2.98. The molecule has 0 unspecified atom stereocenters. The van der Waals surface area contributed by atoms with Crippen molar-refractivity contribution in [1.29, 1.82) is 0 Å². The van der Waals surface area contributed by atoms with E-state index >= 15 is 0 Å². The zero-order valence-corrected chi connectivity index (χ0v) is 15.6. The van der Waals surface area contributed by atoms with Crippen molar-refractivity contribution >= 4 is 12.1 Å². The molecule has 0 bridgehead atoms. The van der Waals surface area contributed by atoms with Crippen LogP contribution in [-0.2, 0) is 9.53 Å². The maximum Gasteiger partial charge on any atom is 0.407 e. The molecular weight excluding hydrogens is 380 g/mol. The third-order valence-corrected chi connectivity index (χ3v) is 5.68. The zero-order valence-electron chi connectivity index (χ0n) is 15.6. The van der Waals surface area contributed by atoms with Crippen molar-refractivity contribution in [2.75, 3.05) is 6.61 Å². The highest BCUT2D eigenvalue weighted by Crippen LogP contribution is 2.45. The highest BCUT2D eigenvalue weighted by Gasteiger charge is 2.46. The number of aliphatic carboxylic acids is 1. The number of halogens is 2. The molecule has 1 saturated carbocycles. The third-order valence-electron chi connectivity index (χ3n) is 5.68. The minimum Gasteiger partial charge on any atom is -0.480 e. The van der Waals surface area contributed by atoms with E-state index in [1.807, 2.05) is 48.5 Å². The van der Waals surface area contributed by atoms with Crippen molar-refractivity contribution in [1.82, 2.24) is 5.32 Å². The normalized spacial score (nSPS) is 18.3. The maximum atomic E-state index is 13.0. The van der Waals surface area contributed by atoms with Crippen LogP contribution in [0.1, 0.15) is 36.3 Å². The summed E-state index contributed by atoms with van der Waals surface area (Å²) >= 11 is 0. The minimum absolute atomic E-state index is 0.0326. The largest absolute Gasteiger partial charge is 0.480 e. The van der Waals surface area contributed by atoms with Crippen LogP contribution in [0.25, 0.3) is 11.1 Å². The van der Waals surface area contributed by atoms with E-state index in [2.05, 4.69) is 5.32 Å². The first-order valence-electron chi connectivity index (χ1n) is 9.56. The summed E-state index contributed by atoms with van der Waals surface area (Å²) in [5, 5.41) is 11.6. The summed E-state index contributed by atoms with van der Waals surface area (Å²) in [6.45, 7) is 0.0632. The Bertz CT molecular complexity index is 892. The summed E-state index contributed by atoms with van der Waals surface area (Å²) < 4.78 is 31.3. The molecule has 0 heterocycles. The minimum atomic E-state index is -2.72. The molecule has 0 aromatic heterocycles. The van der Waals surface area contributed by atoms with Gasteiger partial charge in [-0.1, -0.05) is 48.5 Å². The summed E-state index contributed by atoms with van der Waals surface area (Å²) in [7, 11) is 0. The molecule has 0 aliphatic heterocycles. The van der Waals surface area contributed by atoms with Crippen LogP contribution in [0, 0.1) is 5.92 Å². The lowest BCUT2D eigenvalue weighted by Crippen LogP contribution is -2.46. The van der Waals surface area contributed by atoms with Gasteiger partial charge in [0.25, 0.3) is 0 Å². The van der Waals surface area contributed by atoms with Gasteiger partial charge in [0, 0.05) is 18.8 Å². The molecule has 152 valence electrons. The van der Waals surface area contributed by atoms with Gasteiger partial charge in [0.05, 0.1) is 0 Å². The number of hydrogen-bond acceptors (Lipinski definition) is 3. The number of carbonyl (C=O) groups excluding carboxylic acids is 1. The zero-order chi connectivity index (χ0) is 20.6. The number of nitrogens with one attached hydrogen (secondary N) is 1. The Hall–Kier alpha value is -2.96. The molecule has 2 aliphatic rings. The second-order valence-corrected chi connectivity index (χ2v) is 7.73. The number of carboxylic acids is 1. The first-order chi connectivity index (χ1) is 13.8. The van der Waals surface area contributed by atoms with Gasteiger partial charge < -0.3 is 15.2 Å². The van der Waals surface area contributed by atoms with Gasteiger partial charge >= 0.3 is 12.1 Å². The van der Waals surface area contributed by atoms with Crippen LogP contribution in [0.15, 0.2) is 48.5 Å². The van der Waals surface area contributed by atoms with Crippen LogP contribution in [0.2, 0.25) is 0 Å². The van der Waals surface area contributed by atoms with Gasteiger partial charge in [-0.25, -0.2) is 18.4 Å². The summed E-state index contributed by atoms with van der Waals surface area (Å²) in [4.78, 5) is 23.6. The molecule has 1 fully saturated rings. The van der Waals surface area contributed by atoms with Crippen LogP contribution >= 0.6 is 0 Å². The van der Waals surface area contributed by atoms with Gasteiger partial charge in [0.1, 0.15) is 12.6 Å². The molecule has 0 radical (unpaired) electrons. The van der Waals surface area contributed by atoms with Gasteiger partial charge in [0.2, 0.25) is 5.92 Å². The fraction of sp³-hybridized carbons (Fsp3) is 0.364. The predicted molar refractivity (Wildman–Crippen MR) is 102 cm³/mol. The first kappa shape index (κ1) is 19.4. The molecule has 7 heteroatoms. The number of alkyl halides is 2. The second-order valence-electron chi connectivity index (χ2n) is 7.73. The monoisotopic (exact) mass is 401 g/mol. The molecule has 29 heavy (non-hydrogen) atoms. The number of benzene rings is 2. The van der Waals surface area contributed by atoms with E-state index in [1.165, 1.54) is 0 Å². The first-order valence-corrected chi connectivity index (χ1v) is 9.56. The summed E-state index contributed by atoms with van der Waals surface area (Å²) in [6.07, 6.45) is -1.58. The second kappa shape index (κ2) is 7.46. The highest BCUT2D eigenvalue weighted by molar-refractivity contribution is 5.81. The summed E-state index contributed by atoms with van der Waals surface area (Å²) in [5.74, 6) is -4.53. The topological polar surface area (TPSA) is 75.6 Å². The molecule has 2 aromatic carbocycles. The quantitative estimate of drug-likeness (QED) is 0.752. The van der Waals surface area contributed by atoms with Gasteiger partial charge in [-0.2, -0.15) is 0 Å². The van der Waals surface area contributed by atoms with Crippen LogP contribution in [0.3, 0.4) is 0 Å². The molecule has 1 atom stereocenters. The van der Waals surface area contributed by atoms with Crippen LogP contribution in [0.4, 0.5) is 13.6 Å². The Balaban J connectivity index is 1.38. The van der Waals surface area contributed by atoms with Crippen molar-refractivity contribution in [3.8, 4) is 11.1 Å². The average molecular weight is 401 g/mol. The molecule has 2 N–H and O–H groups in total.